The summed E-state index contributed by atoms with van der Waals surface area (Å²) in [5.41, 5.74) is 3.56. The van der Waals surface area contributed by atoms with Crippen LogP contribution in [0.25, 0.3) is 0 Å². The lowest BCUT2D eigenvalue weighted by Crippen LogP contribution is -2.55. The van der Waals surface area contributed by atoms with E-state index in [1.165, 1.54) is 12.1 Å². The third kappa shape index (κ3) is 8.76. The number of rotatable bonds is 10. The maximum absolute atomic E-state index is 14.7. The molecule has 3 aromatic carbocycles. The van der Waals surface area contributed by atoms with Crippen LogP contribution in [0.5, 0.6) is 5.75 Å². The van der Waals surface area contributed by atoms with Crippen LogP contribution in [0.3, 0.4) is 0 Å². The minimum absolute atomic E-state index is 0.0830. The van der Waals surface area contributed by atoms with Crippen LogP contribution < -0.4 is 10.6 Å². The molecule has 3 atom stereocenters. The van der Waals surface area contributed by atoms with Gasteiger partial charge >= 0.3 is 6.09 Å². The molecule has 0 saturated heterocycles. The number of benzene rings is 3. The van der Waals surface area contributed by atoms with Crippen LogP contribution in [0, 0.1) is 20.8 Å². The average molecular weight is 622 g/mol. The molecule has 3 aromatic rings. The SMILES string of the molecule is CCC(C)N(C(=O)C(Cc1ccc(O)cc1)NC(=O)OC(C)(C)C)C(C(=O)Nc1c(C)cccc1Cl)c1c(C)cccc1C. The number of anilines is 1. The van der Waals surface area contributed by atoms with E-state index in [0.717, 1.165) is 16.7 Å². The topological polar surface area (TPSA) is 108 Å². The summed E-state index contributed by atoms with van der Waals surface area (Å²) < 4.78 is 5.52. The van der Waals surface area contributed by atoms with Crippen LogP contribution in [0.2, 0.25) is 5.02 Å². The van der Waals surface area contributed by atoms with E-state index in [0.29, 0.717) is 28.3 Å². The molecule has 3 unspecified atom stereocenters. The molecule has 0 spiro atoms. The summed E-state index contributed by atoms with van der Waals surface area (Å²) in [5, 5.41) is 16.0. The van der Waals surface area contributed by atoms with Gasteiger partial charge in [-0.25, -0.2) is 4.79 Å². The lowest BCUT2D eigenvalue weighted by molar-refractivity contribution is -0.143. The van der Waals surface area contributed by atoms with Crippen LogP contribution in [-0.4, -0.2) is 45.6 Å². The predicted octanol–water partition coefficient (Wildman–Crippen LogP) is 7.41. The summed E-state index contributed by atoms with van der Waals surface area (Å²) in [4.78, 5) is 43.8. The van der Waals surface area contributed by atoms with Crippen molar-refractivity contribution in [2.45, 2.75) is 92.0 Å². The van der Waals surface area contributed by atoms with E-state index in [-0.39, 0.29) is 12.2 Å². The Bertz CT molecular complexity index is 1440. The molecule has 3 rings (SSSR count). The number of nitrogens with zero attached hydrogens (tertiary/aromatic N) is 1. The fourth-order valence-corrected chi connectivity index (χ4v) is 5.40. The summed E-state index contributed by atoms with van der Waals surface area (Å²) in [7, 11) is 0. The summed E-state index contributed by atoms with van der Waals surface area (Å²) in [6.45, 7) is 14.7. The van der Waals surface area contributed by atoms with Gasteiger partial charge in [0.1, 0.15) is 23.4 Å². The number of phenolic OH excluding ortho intramolecular Hbond substituents is 1. The number of phenols is 1. The lowest BCUT2D eigenvalue weighted by atomic mass is 9.91. The van der Waals surface area contributed by atoms with Crippen LogP contribution in [0.4, 0.5) is 10.5 Å². The Kier molecular flexibility index (Phi) is 11.4. The molecule has 0 heterocycles. The Balaban J connectivity index is 2.17. The molecule has 8 nitrogen and oxygen atoms in total. The maximum atomic E-state index is 14.7. The van der Waals surface area contributed by atoms with Crippen LogP contribution in [0.15, 0.2) is 60.7 Å². The highest BCUT2D eigenvalue weighted by Gasteiger charge is 2.40. The van der Waals surface area contributed by atoms with Gasteiger partial charge in [-0.05, 0) is 101 Å². The van der Waals surface area contributed by atoms with Gasteiger partial charge in [0.2, 0.25) is 5.91 Å². The number of alkyl carbamates (subject to hydrolysis) is 1. The maximum Gasteiger partial charge on any atom is 0.408 e. The third-order valence-corrected chi connectivity index (χ3v) is 7.81. The molecule has 0 fully saturated rings. The zero-order valence-corrected chi connectivity index (χ0v) is 27.6. The van der Waals surface area contributed by atoms with Gasteiger partial charge in [-0.1, -0.05) is 61.0 Å². The number of para-hydroxylation sites is 1. The van der Waals surface area contributed by atoms with Gasteiger partial charge in [-0.2, -0.15) is 0 Å². The number of carbonyl (C=O) groups is 3. The number of carbonyl (C=O) groups excluding carboxylic acids is 3. The molecule has 0 saturated carbocycles. The van der Waals surface area contributed by atoms with Crippen molar-refractivity contribution in [1.82, 2.24) is 10.2 Å². The van der Waals surface area contributed by atoms with Crippen molar-refractivity contribution in [3.63, 3.8) is 0 Å². The Morgan fingerprint density at radius 1 is 0.932 bits per heavy atom. The van der Waals surface area contributed by atoms with Crippen LogP contribution in [0.1, 0.15) is 74.9 Å². The van der Waals surface area contributed by atoms with E-state index in [4.69, 9.17) is 16.3 Å². The molecule has 0 aliphatic heterocycles. The molecule has 3 amide bonds. The van der Waals surface area contributed by atoms with E-state index in [9.17, 15) is 19.5 Å². The standard InChI is InChI=1S/C35H44ClN3O5/c1-9-24(5)39(33(42)28(37-34(43)44-35(6,7)8)20-25-16-18-26(40)19-17-25)31(29-21(2)12-10-13-22(29)3)32(41)38-30-23(4)14-11-15-27(30)36/h10-19,24,28,31,40H,9,20H2,1-8H3,(H,37,43)(H,38,41). The normalized spacial score (nSPS) is 13.4. The minimum atomic E-state index is -1.08. The molecule has 0 bridgehead atoms. The smallest absolute Gasteiger partial charge is 0.408 e. The highest BCUT2D eigenvalue weighted by atomic mass is 35.5. The van der Waals surface area contributed by atoms with E-state index in [2.05, 4.69) is 10.6 Å². The van der Waals surface area contributed by atoms with Crippen molar-refractivity contribution >= 4 is 35.2 Å². The van der Waals surface area contributed by atoms with Crippen molar-refractivity contribution in [3.8, 4) is 5.75 Å². The van der Waals surface area contributed by atoms with Gasteiger partial charge in [0.15, 0.2) is 0 Å². The first-order valence-corrected chi connectivity index (χ1v) is 15.2. The second-order valence-corrected chi connectivity index (χ2v) is 12.6. The Labute approximate surface area is 265 Å². The zero-order valence-electron chi connectivity index (χ0n) is 26.8. The number of hydrogen-bond donors (Lipinski definition) is 3. The van der Waals surface area contributed by atoms with Gasteiger partial charge in [0, 0.05) is 12.5 Å². The monoisotopic (exact) mass is 621 g/mol. The van der Waals surface area contributed by atoms with Crippen molar-refractivity contribution in [2.75, 3.05) is 5.32 Å². The highest BCUT2D eigenvalue weighted by Crippen LogP contribution is 2.34. The Morgan fingerprint density at radius 2 is 1.50 bits per heavy atom. The van der Waals surface area contributed by atoms with Gasteiger partial charge in [0.05, 0.1) is 10.7 Å². The molecule has 0 aromatic heterocycles. The first-order chi connectivity index (χ1) is 20.6. The second kappa shape index (κ2) is 14.6. The van der Waals surface area contributed by atoms with E-state index >= 15 is 0 Å². The van der Waals surface area contributed by atoms with Crippen molar-refractivity contribution in [3.05, 3.63) is 93.5 Å². The molecular formula is C35H44ClN3O5. The van der Waals surface area contributed by atoms with Gasteiger partial charge < -0.3 is 25.4 Å². The first-order valence-electron chi connectivity index (χ1n) is 14.8. The Morgan fingerprint density at radius 3 is 2.05 bits per heavy atom. The molecule has 44 heavy (non-hydrogen) atoms. The molecule has 0 aliphatic carbocycles. The van der Waals surface area contributed by atoms with Crippen LogP contribution >= 0.6 is 11.6 Å². The van der Waals surface area contributed by atoms with E-state index < -0.39 is 41.6 Å². The largest absolute Gasteiger partial charge is 0.508 e. The summed E-state index contributed by atoms with van der Waals surface area (Å²) >= 11 is 6.51. The average Bonchev–Trinajstić information content (AvgIpc) is 2.93. The summed E-state index contributed by atoms with van der Waals surface area (Å²) in [5.74, 6) is -0.788. The highest BCUT2D eigenvalue weighted by molar-refractivity contribution is 6.34. The molecule has 3 N–H and O–H groups in total. The molecular weight excluding hydrogens is 578 g/mol. The fraction of sp³-hybridized carbons (Fsp3) is 0.400. The first kappa shape index (κ1) is 34.5. The number of ether oxygens (including phenoxy) is 1. The molecule has 9 heteroatoms. The number of amides is 3. The Hall–Kier alpha value is -4.04. The predicted molar refractivity (Wildman–Crippen MR) is 175 cm³/mol. The number of nitrogens with one attached hydrogen (secondary N) is 2. The molecule has 0 radical (unpaired) electrons. The fourth-order valence-electron chi connectivity index (χ4n) is 5.13. The van der Waals surface area contributed by atoms with Crippen molar-refractivity contribution in [2.24, 2.45) is 0 Å². The molecule has 0 aliphatic rings. The van der Waals surface area contributed by atoms with E-state index in [1.807, 2.05) is 65.0 Å². The number of aryl methyl sites for hydroxylation is 3. The quantitative estimate of drug-likeness (QED) is 0.218. The lowest BCUT2D eigenvalue weighted by Gasteiger charge is -2.39. The third-order valence-electron chi connectivity index (χ3n) is 7.50. The summed E-state index contributed by atoms with van der Waals surface area (Å²) in [6.07, 6.45) is -0.0987. The zero-order chi connectivity index (χ0) is 32.8. The van der Waals surface area contributed by atoms with Gasteiger partial charge in [-0.3, -0.25) is 9.59 Å². The van der Waals surface area contributed by atoms with Gasteiger partial charge in [0.25, 0.3) is 5.91 Å². The van der Waals surface area contributed by atoms with Crippen LogP contribution in [-0.2, 0) is 20.7 Å². The van der Waals surface area contributed by atoms with Crippen molar-refractivity contribution in [1.29, 1.82) is 0 Å². The van der Waals surface area contributed by atoms with Crippen molar-refractivity contribution < 1.29 is 24.2 Å². The van der Waals surface area contributed by atoms with Gasteiger partial charge in [-0.15, -0.1) is 0 Å². The number of aromatic hydroxyl groups is 1. The summed E-state index contributed by atoms with van der Waals surface area (Å²) in [6, 6.07) is 15.0. The van der Waals surface area contributed by atoms with E-state index in [1.54, 1.807) is 43.9 Å². The molecule has 236 valence electrons. The number of hydrogen-bond acceptors (Lipinski definition) is 5. The second-order valence-electron chi connectivity index (χ2n) is 12.2. The minimum Gasteiger partial charge on any atom is -0.508 e. The number of halogens is 1.